The topological polar surface area (TPSA) is 26.3 Å². The molecule has 1 aromatic heterocycles. The minimum absolute atomic E-state index is 0.0122. The highest BCUT2D eigenvalue weighted by molar-refractivity contribution is 7.21. The fraction of sp³-hybridized carbons (Fsp3) is 0.105. The number of carbonyl (C=O) groups excluding carboxylic acids is 1. The number of Topliss-reactive ketones (excluding diaryl/α,β-unsaturated/α-hetero) is 1. The van der Waals surface area contributed by atoms with E-state index in [9.17, 15) is 4.79 Å². The van der Waals surface area contributed by atoms with E-state index in [1.165, 1.54) is 11.3 Å². The molecule has 0 amide bonds. The number of allylic oxidation sites excluding steroid dienone is 1. The number of rotatable bonds is 5. The van der Waals surface area contributed by atoms with E-state index in [4.69, 9.17) is 4.74 Å². The molecule has 0 aliphatic heterocycles. The molecule has 3 rings (SSSR count). The third-order valence-corrected chi connectivity index (χ3v) is 4.56. The first-order chi connectivity index (χ1) is 10.8. The van der Waals surface area contributed by atoms with Crippen molar-refractivity contribution in [1.29, 1.82) is 0 Å². The number of benzene rings is 2. The van der Waals surface area contributed by atoms with Crippen LogP contribution in [-0.4, -0.2) is 12.4 Å². The first-order valence-corrected chi connectivity index (χ1v) is 7.96. The van der Waals surface area contributed by atoms with Crippen molar-refractivity contribution < 1.29 is 9.53 Å². The van der Waals surface area contributed by atoms with Gasteiger partial charge in [0.25, 0.3) is 0 Å². The summed E-state index contributed by atoms with van der Waals surface area (Å²) in [6.45, 7) is 2.02. The summed E-state index contributed by atoms with van der Waals surface area (Å²) < 4.78 is 6.71. The van der Waals surface area contributed by atoms with E-state index in [0.717, 1.165) is 20.5 Å². The predicted octanol–water partition coefficient (Wildman–Crippen LogP) is 5.20. The van der Waals surface area contributed by atoms with Gasteiger partial charge in [-0.15, -0.1) is 11.3 Å². The molecule has 0 aliphatic carbocycles. The number of para-hydroxylation sites is 1. The Morgan fingerprint density at radius 1 is 1.09 bits per heavy atom. The Balaban J connectivity index is 1.88. The molecule has 0 saturated carbocycles. The van der Waals surface area contributed by atoms with E-state index in [1.807, 2.05) is 67.6 Å². The Hall–Kier alpha value is -2.39. The second-order valence-electron chi connectivity index (χ2n) is 4.87. The Bertz CT molecular complexity index is 816. The van der Waals surface area contributed by atoms with E-state index >= 15 is 0 Å². The predicted molar refractivity (Wildman–Crippen MR) is 92.8 cm³/mol. The van der Waals surface area contributed by atoms with Gasteiger partial charge >= 0.3 is 0 Å². The summed E-state index contributed by atoms with van der Waals surface area (Å²) in [4.78, 5) is 13.3. The maximum absolute atomic E-state index is 12.5. The number of fused-ring (bicyclic) bond motifs is 1. The standard InChI is InChI=1S/C19H16O2S/c1-2-8-16-15-11-6-7-12-18(15)22-19(16)17(20)13-21-14-9-4-3-5-10-14/h2-12H,13H2,1H3/b8-2+. The fourth-order valence-electron chi connectivity index (χ4n) is 2.34. The van der Waals surface area contributed by atoms with Crippen LogP contribution in [0.5, 0.6) is 5.75 Å². The zero-order chi connectivity index (χ0) is 15.4. The Morgan fingerprint density at radius 2 is 1.82 bits per heavy atom. The summed E-state index contributed by atoms with van der Waals surface area (Å²) in [6.07, 6.45) is 3.96. The minimum Gasteiger partial charge on any atom is -0.485 e. The Morgan fingerprint density at radius 3 is 2.59 bits per heavy atom. The van der Waals surface area contributed by atoms with Crippen LogP contribution >= 0.6 is 11.3 Å². The molecule has 110 valence electrons. The van der Waals surface area contributed by atoms with Gasteiger partial charge in [-0.1, -0.05) is 48.6 Å². The van der Waals surface area contributed by atoms with E-state index in [2.05, 4.69) is 6.07 Å². The van der Waals surface area contributed by atoms with Gasteiger partial charge in [-0.25, -0.2) is 0 Å². The maximum Gasteiger partial charge on any atom is 0.210 e. The van der Waals surface area contributed by atoms with Crippen molar-refractivity contribution in [2.75, 3.05) is 6.61 Å². The average Bonchev–Trinajstić information content (AvgIpc) is 2.93. The number of hydrogen-bond donors (Lipinski definition) is 0. The van der Waals surface area contributed by atoms with Crippen LogP contribution in [0.25, 0.3) is 16.2 Å². The first kappa shape index (κ1) is 14.5. The molecule has 2 aromatic carbocycles. The lowest BCUT2D eigenvalue weighted by atomic mass is 10.1. The SMILES string of the molecule is C/C=C/c1c(C(=O)COc2ccccc2)sc2ccccc12. The van der Waals surface area contributed by atoms with Crippen LogP contribution < -0.4 is 4.74 Å². The molecule has 0 N–H and O–H groups in total. The third-order valence-electron chi connectivity index (χ3n) is 3.33. The first-order valence-electron chi connectivity index (χ1n) is 7.15. The summed E-state index contributed by atoms with van der Waals surface area (Å²) in [5.41, 5.74) is 0.991. The smallest absolute Gasteiger partial charge is 0.210 e. The molecule has 0 atom stereocenters. The van der Waals surface area contributed by atoms with Crippen LogP contribution in [-0.2, 0) is 0 Å². The Kier molecular flexibility index (Phi) is 4.35. The van der Waals surface area contributed by atoms with Crippen LogP contribution in [0.15, 0.2) is 60.7 Å². The molecular weight excluding hydrogens is 292 g/mol. The molecule has 0 saturated heterocycles. The van der Waals surface area contributed by atoms with Crippen molar-refractivity contribution in [3.8, 4) is 5.75 Å². The highest BCUT2D eigenvalue weighted by atomic mass is 32.1. The van der Waals surface area contributed by atoms with Gasteiger partial charge in [0.1, 0.15) is 5.75 Å². The summed E-state index contributed by atoms with van der Waals surface area (Å²) in [6, 6.07) is 17.5. The zero-order valence-electron chi connectivity index (χ0n) is 12.3. The van der Waals surface area contributed by atoms with E-state index < -0.39 is 0 Å². The molecule has 0 aliphatic rings. The number of ketones is 1. The van der Waals surface area contributed by atoms with Crippen molar-refractivity contribution in [1.82, 2.24) is 0 Å². The molecule has 22 heavy (non-hydrogen) atoms. The van der Waals surface area contributed by atoms with Gasteiger partial charge in [0.05, 0.1) is 4.88 Å². The van der Waals surface area contributed by atoms with E-state index in [1.54, 1.807) is 0 Å². The highest BCUT2D eigenvalue weighted by Gasteiger charge is 2.16. The van der Waals surface area contributed by atoms with Crippen molar-refractivity contribution in [3.63, 3.8) is 0 Å². The van der Waals surface area contributed by atoms with Gasteiger partial charge in [0, 0.05) is 15.6 Å². The normalized spacial score (nSPS) is 11.1. The number of thiophene rings is 1. The molecule has 0 bridgehead atoms. The molecule has 3 heteroatoms. The lowest BCUT2D eigenvalue weighted by molar-refractivity contribution is 0.0925. The number of carbonyl (C=O) groups is 1. The van der Waals surface area contributed by atoms with Gasteiger partial charge in [-0.3, -0.25) is 4.79 Å². The average molecular weight is 308 g/mol. The molecule has 2 nitrogen and oxygen atoms in total. The van der Waals surface area contributed by atoms with Crippen molar-refractivity contribution in [3.05, 3.63) is 71.1 Å². The summed E-state index contributed by atoms with van der Waals surface area (Å²) in [5.74, 6) is 0.725. The molecule has 0 fully saturated rings. The number of hydrogen-bond acceptors (Lipinski definition) is 3. The molecule has 3 aromatic rings. The third kappa shape index (κ3) is 2.95. The molecule has 0 spiro atoms. The number of ether oxygens (including phenoxy) is 1. The van der Waals surface area contributed by atoms with E-state index in [0.29, 0.717) is 5.75 Å². The Labute approximate surface area is 133 Å². The lowest BCUT2D eigenvalue weighted by Crippen LogP contribution is -2.11. The molecular formula is C19H16O2S. The molecule has 0 radical (unpaired) electrons. The minimum atomic E-state index is 0.0122. The van der Waals surface area contributed by atoms with Crippen molar-refractivity contribution in [2.24, 2.45) is 0 Å². The van der Waals surface area contributed by atoms with Gasteiger partial charge < -0.3 is 4.74 Å². The van der Waals surface area contributed by atoms with Crippen molar-refractivity contribution >= 4 is 33.3 Å². The van der Waals surface area contributed by atoms with Crippen LogP contribution in [0.1, 0.15) is 22.2 Å². The lowest BCUT2D eigenvalue weighted by Gasteiger charge is -2.04. The molecule has 1 heterocycles. The zero-order valence-corrected chi connectivity index (χ0v) is 13.1. The van der Waals surface area contributed by atoms with Gasteiger partial charge in [-0.2, -0.15) is 0 Å². The van der Waals surface area contributed by atoms with Gasteiger partial charge in [-0.05, 0) is 25.1 Å². The monoisotopic (exact) mass is 308 g/mol. The van der Waals surface area contributed by atoms with E-state index in [-0.39, 0.29) is 12.4 Å². The summed E-state index contributed by atoms with van der Waals surface area (Å²) in [7, 11) is 0. The summed E-state index contributed by atoms with van der Waals surface area (Å²) >= 11 is 1.53. The highest BCUT2D eigenvalue weighted by Crippen LogP contribution is 2.32. The second-order valence-corrected chi connectivity index (χ2v) is 5.92. The van der Waals surface area contributed by atoms with Gasteiger partial charge in [0.15, 0.2) is 6.61 Å². The largest absolute Gasteiger partial charge is 0.485 e. The van der Waals surface area contributed by atoms with Gasteiger partial charge in [0.2, 0.25) is 5.78 Å². The molecule has 0 unspecified atom stereocenters. The van der Waals surface area contributed by atoms with Crippen LogP contribution in [0.2, 0.25) is 0 Å². The van der Waals surface area contributed by atoms with Crippen LogP contribution in [0.4, 0.5) is 0 Å². The fourth-order valence-corrected chi connectivity index (χ4v) is 3.45. The van der Waals surface area contributed by atoms with Crippen LogP contribution in [0, 0.1) is 0 Å². The maximum atomic E-state index is 12.5. The second kappa shape index (κ2) is 6.58. The van der Waals surface area contributed by atoms with Crippen LogP contribution in [0.3, 0.4) is 0 Å². The summed E-state index contributed by atoms with van der Waals surface area (Å²) in [5, 5.41) is 1.12. The van der Waals surface area contributed by atoms with Crippen molar-refractivity contribution in [2.45, 2.75) is 6.92 Å². The quantitative estimate of drug-likeness (QED) is 0.606.